The van der Waals surface area contributed by atoms with Gasteiger partial charge in [0, 0.05) is 0 Å². The molecule has 1 aromatic carbocycles. The molecule has 0 saturated heterocycles. The lowest BCUT2D eigenvalue weighted by Crippen LogP contribution is -2.24. The van der Waals surface area contributed by atoms with Gasteiger partial charge < -0.3 is 0 Å². The van der Waals surface area contributed by atoms with E-state index in [0.29, 0.717) is 9.92 Å². The number of halogens is 1. The molecule has 0 N–H and O–H groups in total. The molecule has 0 bridgehead atoms. The van der Waals surface area contributed by atoms with E-state index in [1.54, 1.807) is 12.1 Å². The number of nitriles is 1. The van der Waals surface area contributed by atoms with Crippen molar-refractivity contribution in [2.75, 3.05) is 0 Å². The van der Waals surface area contributed by atoms with Crippen molar-refractivity contribution in [3.63, 3.8) is 0 Å². The van der Waals surface area contributed by atoms with Crippen molar-refractivity contribution >= 4 is 22.4 Å². The molecule has 1 saturated carbocycles. The van der Waals surface area contributed by atoms with Crippen molar-refractivity contribution < 1.29 is 4.21 Å². The first-order valence-electron chi connectivity index (χ1n) is 6.28. The van der Waals surface area contributed by atoms with Gasteiger partial charge in [0.25, 0.3) is 0 Å². The Morgan fingerprint density at radius 1 is 1.22 bits per heavy atom. The Hall–Kier alpha value is -0.850. The molecule has 2 nitrogen and oxygen atoms in total. The molecule has 4 heteroatoms. The normalized spacial score (nSPS) is 26.0. The van der Waals surface area contributed by atoms with E-state index in [4.69, 9.17) is 11.6 Å². The summed E-state index contributed by atoms with van der Waals surface area (Å²) in [7, 11) is -1.18. The van der Waals surface area contributed by atoms with Crippen molar-refractivity contribution in [1.29, 1.82) is 5.26 Å². The third-order valence-corrected chi connectivity index (χ3v) is 5.79. The summed E-state index contributed by atoms with van der Waals surface area (Å²) in [5, 5.41) is 9.70. The van der Waals surface area contributed by atoms with Crippen LogP contribution < -0.4 is 0 Å². The Morgan fingerprint density at radius 3 is 2.67 bits per heavy atom. The molecular formula is C14H16ClNOS. The van der Waals surface area contributed by atoms with E-state index < -0.39 is 10.8 Å². The molecule has 1 fully saturated rings. The second kappa shape index (κ2) is 6.36. The van der Waals surface area contributed by atoms with Gasteiger partial charge in [-0.1, -0.05) is 43.0 Å². The Kier molecular flexibility index (Phi) is 4.79. The van der Waals surface area contributed by atoms with Crippen LogP contribution >= 0.6 is 11.6 Å². The van der Waals surface area contributed by atoms with Crippen molar-refractivity contribution in [1.82, 2.24) is 0 Å². The van der Waals surface area contributed by atoms with Crippen molar-refractivity contribution in [3.8, 4) is 6.07 Å². The lowest BCUT2D eigenvalue weighted by Gasteiger charge is -2.19. The van der Waals surface area contributed by atoms with Crippen LogP contribution in [-0.2, 0) is 10.8 Å². The number of hydrogen-bond donors (Lipinski definition) is 0. The van der Waals surface area contributed by atoms with E-state index in [1.165, 1.54) is 0 Å². The number of rotatable bonds is 2. The summed E-state index contributed by atoms with van der Waals surface area (Å²) in [6.45, 7) is 0. The number of nitrogens with zero attached hydrogens (tertiary/aromatic N) is 1. The molecule has 3 atom stereocenters. The smallest absolute Gasteiger partial charge is 0.0668 e. The predicted molar refractivity (Wildman–Crippen MR) is 73.8 cm³/mol. The van der Waals surface area contributed by atoms with Crippen LogP contribution in [0.5, 0.6) is 0 Å². The van der Waals surface area contributed by atoms with Gasteiger partial charge in [-0.2, -0.15) is 5.26 Å². The Bertz CT molecular complexity index is 483. The first kappa shape index (κ1) is 13.6. The third-order valence-electron chi connectivity index (χ3n) is 3.45. The van der Waals surface area contributed by atoms with E-state index in [0.717, 1.165) is 32.1 Å². The molecule has 3 unspecified atom stereocenters. The van der Waals surface area contributed by atoms with Gasteiger partial charge in [-0.15, -0.1) is 0 Å². The Labute approximate surface area is 115 Å². The molecule has 18 heavy (non-hydrogen) atoms. The van der Waals surface area contributed by atoms with Crippen LogP contribution in [0.1, 0.15) is 32.1 Å². The quantitative estimate of drug-likeness (QED) is 0.771. The fraction of sp³-hybridized carbons (Fsp3) is 0.500. The van der Waals surface area contributed by atoms with Gasteiger partial charge in [-0.05, 0) is 25.0 Å². The fourth-order valence-electron chi connectivity index (χ4n) is 2.45. The average molecular weight is 282 g/mol. The molecule has 0 radical (unpaired) electrons. The summed E-state index contributed by atoms with van der Waals surface area (Å²) >= 11 is 6.09. The van der Waals surface area contributed by atoms with E-state index in [-0.39, 0.29) is 11.2 Å². The lowest BCUT2D eigenvalue weighted by molar-refractivity contribution is 0.564. The van der Waals surface area contributed by atoms with E-state index >= 15 is 0 Å². The van der Waals surface area contributed by atoms with Gasteiger partial charge in [-0.25, -0.2) is 0 Å². The molecule has 1 aliphatic carbocycles. The summed E-state index contributed by atoms with van der Waals surface area (Å²) in [4.78, 5) is 0.673. The number of benzene rings is 1. The molecule has 0 spiro atoms. The third kappa shape index (κ3) is 2.93. The van der Waals surface area contributed by atoms with Gasteiger partial charge in [0.1, 0.15) is 0 Å². The van der Waals surface area contributed by atoms with Gasteiger partial charge in [0.2, 0.25) is 0 Å². The Balaban J connectivity index is 2.26. The zero-order valence-electron chi connectivity index (χ0n) is 10.1. The van der Waals surface area contributed by atoms with Crippen LogP contribution in [0.2, 0.25) is 5.02 Å². The minimum Gasteiger partial charge on any atom is -0.254 e. The first-order chi connectivity index (χ1) is 8.74. The fourth-order valence-corrected chi connectivity index (χ4v) is 4.49. The van der Waals surface area contributed by atoms with Gasteiger partial charge in [0.05, 0.1) is 38.0 Å². The highest BCUT2D eigenvalue weighted by Gasteiger charge is 2.30. The molecule has 0 amide bonds. The van der Waals surface area contributed by atoms with E-state index in [9.17, 15) is 9.47 Å². The minimum atomic E-state index is -1.18. The topological polar surface area (TPSA) is 40.9 Å². The molecule has 0 aromatic heterocycles. The van der Waals surface area contributed by atoms with Crippen molar-refractivity contribution in [3.05, 3.63) is 29.3 Å². The van der Waals surface area contributed by atoms with Crippen LogP contribution in [0.3, 0.4) is 0 Å². The first-order valence-corrected chi connectivity index (χ1v) is 7.88. The second-order valence-electron chi connectivity index (χ2n) is 4.64. The zero-order valence-corrected chi connectivity index (χ0v) is 11.7. The van der Waals surface area contributed by atoms with Gasteiger partial charge >= 0.3 is 0 Å². The molecule has 96 valence electrons. The van der Waals surface area contributed by atoms with Crippen LogP contribution in [0.4, 0.5) is 0 Å². The summed E-state index contributed by atoms with van der Waals surface area (Å²) in [6, 6.07) is 9.56. The largest absolute Gasteiger partial charge is 0.254 e. The highest BCUT2D eigenvalue weighted by molar-refractivity contribution is 7.85. The van der Waals surface area contributed by atoms with Gasteiger partial charge in [-0.3, -0.25) is 4.21 Å². The van der Waals surface area contributed by atoms with Crippen LogP contribution in [0, 0.1) is 17.2 Å². The summed E-state index contributed by atoms with van der Waals surface area (Å²) in [5.74, 6) is -0.107. The lowest BCUT2D eigenvalue weighted by atomic mass is 10.0. The van der Waals surface area contributed by atoms with Crippen LogP contribution in [0.25, 0.3) is 0 Å². The monoisotopic (exact) mass is 281 g/mol. The standard InChI is InChI=1S/C14H16ClNOS/c15-12-7-4-5-9-14(12)18(17)13-8-3-1-2-6-11(13)10-16/h4-5,7,9,11,13H,1-3,6,8H2. The second-order valence-corrected chi connectivity index (χ2v) is 6.69. The summed E-state index contributed by atoms with van der Waals surface area (Å²) in [6.07, 6.45) is 4.97. The zero-order chi connectivity index (χ0) is 13.0. The highest BCUT2D eigenvalue weighted by atomic mass is 35.5. The molecule has 1 aromatic rings. The molecule has 0 aliphatic heterocycles. The SMILES string of the molecule is N#CC1CCCCCC1S(=O)c1ccccc1Cl. The van der Waals surface area contributed by atoms with Gasteiger partial charge in [0.15, 0.2) is 0 Å². The summed E-state index contributed by atoms with van der Waals surface area (Å²) in [5.41, 5.74) is 0. The number of hydrogen-bond acceptors (Lipinski definition) is 2. The molecule has 2 rings (SSSR count). The average Bonchev–Trinajstić information content (AvgIpc) is 2.63. The van der Waals surface area contributed by atoms with E-state index in [1.807, 2.05) is 12.1 Å². The van der Waals surface area contributed by atoms with Crippen LogP contribution in [-0.4, -0.2) is 9.46 Å². The maximum Gasteiger partial charge on any atom is 0.0668 e. The molecular weight excluding hydrogens is 266 g/mol. The molecule has 0 heterocycles. The predicted octanol–water partition coefficient (Wildman–Crippen LogP) is 3.92. The maximum atomic E-state index is 12.6. The minimum absolute atomic E-state index is 0.0719. The maximum absolute atomic E-state index is 12.6. The summed E-state index contributed by atoms with van der Waals surface area (Å²) < 4.78 is 12.6. The highest BCUT2D eigenvalue weighted by Crippen LogP contribution is 2.31. The van der Waals surface area contributed by atoms with E-state index in [2.05, 4.69) is 6.07 Å². The van der Waals surface area contributed by atoms with Crippen LogP contribution in [0.15, 0.2) is 29.2 Å². The van der Waals surface area contributed by atoms with Crippen molar-refractivity contribution in [2.24, 2.45) is 5.92 Å². The molecule has 1 aliphatic rings. The Morgan fingerprint density at radius 2 is 1.94 bits per heavy atom. The van der Waals surface area contributed by atoms with Crippen molar-refractivity contribution in [2.45, 2.75) is 42.2 Å².